The molecule has 1 aliphatic heterocycles. The van der Waals surface area contributed by atoms with Crippen molar-refractivity contribution in [2.75, 3.05) is 27.2 Å². The van der Waals surface area contributed by atoms with Gasteiger partial charge in [-0.2, -0.15) is 5.10 Å². The molecule has 2 heterocycles. The summed E-state index contributed by atoms with van der Waals surface area (Å²) in [5.41, 5.74) is 2.63. The van der Waals surface area contributed by atoms with E-state index in [0.717, 1.165) is 28.0 Å². The fraction of sp³-hybridized carbons (Fsp3) is 0.412. The normalized spacial score (nSPS) is 14.1. The van der Waals surface area contributed by atoms with Gasteiger partial charge in [-0.15, -0.1) is 0 Å². The summed E-state index contributed by atoms with van der Waals surface area (Å²) in [5, 5.41) is 4.62. The van der Waals surface area contributed by atoms with Gasteiger partial charge in [0.25, 0.3) is 0 Å². The van der Waals surface area contributed by atoms with E-state index in [1.807, 2.05) is 28.6 Å². The molecular formula is C17H20BrFN4O. The predicted molar refractivity (Wildman–Crippen MR) is 93.9 cm³/mol. The number of carbonyl (C=O) groups is 1. The monoisotopic (exact) mass is 394 g/mol. The van der Waals surface area contributed by atoms with E-state index in [9.17, 15) is 9.18 Å². The summed E-state index contributed by atoms with van der Waals surface area (Å²) >= 11 is 3.61. The minimum Gasteiger partial charge on any atom is -0.335 e. The van der Waals surface area contributed by atoms with Crippen LogP contribution in [0.1, 0.15) is 12.1 Å². The zero-order chi connectivity index (χ0) is 17.3. The molecule has 0 bridgehead atoms. The summed E-state index contributed by atoms with van der Waals surface area (Å²) in [7, 11) is 3.92. The smallest absolute Gasteiger partial charge is 0.224 e. The molecule has 1 aromatic carbocycles. The molecular weight excluding hydrogens is 375 g/mol. The highest BCUT2D eigenvalue weighted by Crippen LogP contribution is 2.32. The number of amides is 1. The summed E-state index contributed by atoms with van der Waals surface area (Å²) < 4.78 is 15.9. The van der Waals surface area contributed by atoms with E-state index in [2.05, 4.69) is 21.0 Å². The summed E-state index contributed by atoms with van der Waals surface area (Å²) in [5.74, 6) is -0.108. The van der Waals surface area contributed by atoms with Crippen molar-refractivity contribution < 1.29 is 9.18 Å². The van der Waals surface area contributed by atoms with Crippen LogP contribution in [0.4, 0.5) is 4.39 Å². The van der Waals surface area contributed by atoms with Crippen molar-refractivity contribution >= 4 is 21.8 Å². The summed E-state index contributed by atoms with van der Waals surface area (Å²) in [6.45, 7) is 2.62. The van der Waals surface area contributed by atoms with Crippen LogP contribution < -0.4 is 0 Å². The number of fused-ring (bicyclic) bond motifs is 1. The first kappa shape index (κ1) is 17.1. The zero-order valence-electron chi connectivity index (χ0n) is 13.8. The van der Waals surface area contributed by atoms with Crippen LogP contribution in [0.25, 0.3) is 11.3 Å². The Labute approximate surface area is 149 Å². The molecule has 0 radical (unpaired) electrons. The number of hydrogen-bond acceptors (Lipinski definition) is 3. The molecule has 1 aliphatic rings. The topological polar surface area (TPSA) is 41.4 Å². The Hall–Kier alpha value is -1.73. The van der Waals surface area contributed by atoms with E-state index < -0.39 is 0 Å². The van der Waals surface area contributed by atoms with Gasteiger partial charge in [-0.3, -0.25) is 9.48 Å². The summed E-state index contributed by atoms with van der Waals surface area (Å²) in [4.78, 5) is 16.2. The Morgan fingerprint density at radius 3 is 2.67 bits per heavy atom. The van der Waals surface area contributed by atoms with Crippen molar-refractivity contribution in [2.45, 2.75) is 19.5 Å². The van der Waals surface area contributed by atoms with Crippen LogP contribution in [-0.2, 0) is 17.9 Å². The third-order valence-electron chi connectivity index (χ3n) is 4.16. The number of hydrogen-bond donors (Lipinski definition) is 0. The lowest BCUT2D eigenvalue weighted by Crippen LogP contribution is -2.39. The maximum Gasteiger partial charge on any atom is 0.224 e. The van der Waals surface area contributed by atoms with Crippen LogP contribution in [-0.4, -0.2) is 52.7 Å². The second-order valence-electron chi connectivity index (χ2n) is 6.21. The van der Waals surface area contributed by atoms with Gasteiger partial charge in [0, 0.05) is 25.1 Å². The van der Waals surface area contributed by atoms with E-state index in [4.69, 9.17) is 0 Å². The lowest BCUT2D eigenvalue weighted by molar-refractivity contribution is -0.133. The molecule has 2 aromatic rings. The van der Waals surface area contributed by atoms with Crippen molar-refractivity contribution in [3.63, 3.8) is 0 Å². The highest BCUT2D eigenvalue weighted by molar-refractivity contribution is 9.10. The van der Waals surface area contributed by atoms with E-state index in [1.54, 1.807) is 12.1 Å². The van der Waals surface area contributed by atoms with Crippen molar-refractivity contribution in [2.24, 2.45) is 0 Å². The van der Waals surface area contributed by atoms with Crippen molar-refractivity contribution in [1.82, 2.24) is 19.6 Å². The summed E-state index contributed by atoms with van der Waals surface area (Å²) in [6.07, 6.45) is 0.517. The molecule has 0 saturated carbocycles. The molecule has 0 fully saturated rings. The van der Waals surface area contributed by atoms with Crippen LogP contribution in [0.2, 0.25) is 0 Å². The van der Waals surface area contributed by atoms with Crippen LogP contribution in [0.3, 0.4) is 0 Å². The molecule has 0 saturated heterocycles. The fourth-order valence-corrected chi connectivity index (χ4v) is 3.41. The van der Waals surface area contributed by atoms with Gasteiger partial charge < -0.3 is 9.80 Å². The van der Waals surface area contributed by atoms with Gasteiger partial charge in [-0.25, -0.2) is 4.39 Å². The first-order chi connectivity index (χ1) is 11.5. The van der Waals surface area contributed by atoms with Crippen LogP contribution in [0, 0.1) is 5.82 Å². The van der Waals surface area contributed by atoms with E-state index in [0.29, 0.717) is 26.1 Å². The van der Waals surface area contributed by atoms with Gasteiger partial charge in [0.1, 0.15) is 11.5 Å². The molecule has 0 spiro atoms. The SMILES string of the molecule is CN(C)CCC(=O)N1CCn2nc(-c3ccc(F)cc3)c(Br)c2C1. The molecule has 1 aromatic heterocycles. The first-order valence-electron chi connectivity index (χ1n) is 7.89. The first-order valence-corrected chi connectivity index (χ1v) is 8.68. The fourth-order valence-electron chi connectivity index (χ4n) is 2.77. The van der Waals surface area contributed by atoms with Crippen molar-refractivity contribution in [1.29, 1.82) is 0 Å². The Balaban J connectivity index is 1.79. The molecule has 128 valence electrons. The van der Waals surface area contributed by atoms with Gasteiger partial charge in [0.05, 0.1) is 23.3 Å². The standard InChI is InChI=1S/C17H20BrFN4O/c1-21(2)8-7-15(24)22-9-10-23-14(11-22)16(18)17(20-23)12-3-5-13(19)6-4-12/h3-6H,7-11H2,1-2H3. The second kappa shape index (κ2) is 7.03. The van der Waals surface area contributed by atoms with Gasteiger partial charge in [0.2, 0.25) is 5.91 Å². The number of nitrogens with zero attached hydrogens (tertiary/aromatic N) is 4. The molecule has 24 heavy (non-hydrogen) atoms. The quantitative estimate of drug-likeness (QED) is 0.800. The number of halogens is 2. The molecule has 0 aliphatic carbocycles. The molecule has 7 heteroatoms. The number of aromatic nitrogens is 2. The van der Waals surface area contributed by atoms with Crippen molar-refractivity contribution in [3.8, 4) is 11.3 Å². The van der Waals surface area contributed by atoms with Gasteiger partial charge in [-0.05, 0) is 54.3 Å². The molecule has 1 amide bonds. The summed E-state index contributed by atoms with van der Waals surface area (Å²) in [6, 6.07) is 6.29. The largest absolute Gasteiger partial charge is 0.335 e. The van der Waals surface area contributed by atoms with E-state index in [1.165, 1.54) is 12.1 Å². The zero-order valence-corrected chi connectivity index (χ0v) is 15.4. The minimum atomic E-state index is -0.267. The average molecular weight is 395 g/mol. The van der Waals surface area contributed by atoms with Crippen molar-refractivity contribution in [3.05, 3.63) is 40.2 Å². The van der Waals surface area contributed by atoms with Crippen LogP contribution in [0.15, 0.2) is 28.7 Å². The molecule has 0 N–H and O–H groups in total. The lowest BCUT2D eigenvalue weighted by Gasteiger charge is -2.28. The predicted octanol–water partition coefficient (Wildman–Crippen LogP) is 2.75. The number of rotatable bonds is 4. The number of carbonyl (C=O) groups excluding carboxylic acids is 1. The van der Waals surface area contributed by atoms with Crippen LogP contribution >= 0.6 is 15.9 Å². The average Bonchev–Trinajstić information content (AvgIpc) is 2.90. The van der Waals surface area contributed by atoms with E-state index >= 15 is 0 Å². The lowest BCUT2D eigenvalue weighted by atomic mass is 10.1. The van der Waals surface area contributed by atoms with Gasteiger partial charge >= 0.3 is 0 Å². The molecule has 3 rings (SSSR count). The Bertz CT molecular complexity index is 742. The third kappa shape index (κ3) is 3.52. The third-order valence-corrected chi connectivity index (χ3v) is 4.99. The highest BCUT2D eigenvalue weighted by Gasteiger charge is 2.26. The van der Waals surface area contributed by atoms with Gasteiger partial charge in [-0.1, -0.05) is 0 Å². The Morgan fingerprint density at radius 2 is 2.00 bits per heavy atom. The van der Waals surface area contributed by atoms with Gasteiger partial charge in [0.15, 0.2) is 0 Å². The molecule has 0 atom stereocenters. The van der Waals surface area contributed by atoms with Crippen LogP contribution in [0.5, 0.6) is 0 Å². The van der Waals surface area contributed by atoms with E-state index in [-0.39, 0.29) is 11.7 Å². The highest BCUT2D eigenvalue weighted by atomic mass is 79.9. The number of benzene rings is 1. The Morgan fingerprint density at radius 1 is 1.29 bits per heavy atom. The molecule has 0 unspecified atom stereocenters. The second-order valence-corrected chi connectivity index (χ2v) is 7.00. The maximum atomic E-state index is 13.1. The molecule has 5 nitrogen and oxygen atoms in total. The Kier molecular flexibility index (Phi) is 5.01. The maximum absolute atomic E-state index is 13.1. The minimum absolute atomic E-state index is 0.159.